The van der Waals surface area contributed by atoms with Crippen LogP contribution in [0.3, 0.4) is 0 Å². The van der Waals surface area contributed by atoms with Gasteiger partial charge in [-0.05, 0) is 47.3 Å². The lowest BCUT2D eigenvalue weighted by Crippen LogP contribution is -2.16. The third-order valence-corrected chi connectivity index (χ3v) is 8.37. The Morgan fingerprint density at radius 2 is 1.15 bits per heavy atom. The summed E-state index contributed by atoms with van der Waals surface area (Å²) in [4.78, 5) is 21.9. The van der Waals surface area contributed by atoms with E-state index < -0.39 is 80.2 Å². The maximum absolute atomic E-state index is 14.0. The van der Waals surface area contributed by atoms with Gasteiger partial charge in [-0.15, -0.1) is 0 Å². The minimum absolute atomic E-state index is 0.0355. The van der Waals surface area contributed by atoms with Crippen LogP contribution in [0.1, 0.15) is 27.8 Å². The summed E-state index contributed by atoms with van der Waals surface area (Å²) >= 11 is 0. The summed E-state index contributed by atoms with van der Waals surface area (Å²) in [6.07, 6.45) is -20.8. The number of nitrogens with zero attached hydrogens (tertiary/aromatic N) is 4. The standard InChI is InChI=1S/C30H10F12N4O/c31-27(32,33)11-5-16(29(37,38)39)22-18(7-11)45-9-10-1-2-14-21-15(4-3-13(20(10)21)24(45)43-22)26(47)46-19-8-12(28(34,35)36)6-17(30(40,41)42)23(19)44-25(14)46/h1-8H,9H2. The third kappa shape index (κ3) is 3.97. The van der Waals surface area contributed by atoms with E-state index in [0.29, 0.717) is 22.1 Å². The Balaban J connectivity index is 1.49. The van der Waals surface area contributed by atoms with E-state index in [1.165, 1.54) is 24.3 Å². The van der Waals surface area contributed by atoms with Gasteiger partial charge in [0, 0.05) is 21.7 Å². The number of rotatable bonds is 0. The van der Waals surface area contributed by atoms with Crippen molar-refractivity contribution in [2.75, 3.05) is 0 Å². The molecular formula is C30H10F12N4O. The van der Waals surface area contributed by atoms with Gasteiger partial charge in [0.2, 0.25) is 0 Å². The molecule has 240 valence electrons. The molecule has 0 fully saturated rings. The highest BCUT2D eigenvalue weighted by molar-refractivity contribution is 6.20. The predicted molar refractivity (Wildman–Crippen MR) is 143 cm³/mol. The molecule has 0 atom stereocenters. The number of hydrogen-bond donors (Lipinski definition) is 0. The van der Waals surface area contributed by atoms with E-state index in [0.717, 1.165) is 4.57 Å². The van der Waals surface area contributed by atoms with Gasteiger partial charge in [-0.2, -0.15) is 52.7 Å². The Kier molecular flexibility index (Phi) is 5.38. The van der Waals surface area contributed by atoms with Gasteiger partial charge < -0.3 is 4.57 Å². The summed E-state index contributed by atoms with van der Waals surface area (Å²) in [5, 5.41) is 0.213. The SMILES string of the molecule is O=c1c2ccc3c4c(ccc(c42)c2nc4c(C(F)(F)F)cc(C(F)(F)F)cc4n12)Cn1c-3nc2c(C(F)(F)F)cc(C(F)(F)F)cc21. The van der Waals surface area contributed by atoms with E-state index in [2.05, 4.69) is 9.97 Å². The summed E-state index contributed by atoms with van der Waals surface area (Å²) in [5.41, 5.74) is -10.4. The lowest BCUT2D eigenvalue weighted by Gasteiger charge is -2.22. The van der Waals surface area contributed by atoms with E-state index in [1.54, 1.807) is 0 Å². The molecule has 0 saturated carbocycles. The highest BCUT2D eigenvalue weighted by atomic mass is 19.4. The third-order valence-electron chi connectivity index (χ3n) is 8.37. The van der Waals surface area contributed by atoms with Crippen molar-refractivity contribution in [3.05, 3.63) is 86.7 Å². The molecule has 4 heterocycles. The van der Waals surface area contributed by atoms with Crippen molar-refractivity contribution in [2.45, 2.75) is 31.2 Å². The summed E-state index contributed by atoms with van der Waals surface area (Å²) in [6.45, 7) is -0.296. The molecule has 4 aromatic carbocycles. The first-order valence-corrected chi connectivity index (χ1v) is 13.3. The van der Waals surface area contributed by atoms with E-state index in [9.17, 15) is 57.5 Å². The number of alkyl halides is 12. The summed E-state index contributed by atoms with van der Waals surface area (Å²) in [7, 11) is 0. The minimum Gasteiger partial charge on any atom is -0.319 e. The van der Waals surface area contributed by atoms with E-state index in [4.69, 9.17) is 0 Å². The Morgan fingerprint density at radius 3 is 1.72 bits per heavy atom. The lowest BCUT2D eigenvalue weighted by atomic mass is 9.91. The highest BCUT2D eigenvalue weighted by Crippen LogP contribution is 2.46. The van der Waals surface area contributed by atoms with Crippen LogP contribution in [0.5, 0.6) is 0 Å². The highest BCUT2D eigenvalue weighted by Gasteiger charge is 2.42. The smallest absolute Gasteiger partial charge is 0.319 e. The van der Waals surface area contributed by atoms with Crippen molar-refractivity contribution in [2.24, 2.45) is 0 Å². The number of imidazole rings is 2. The van der Waals surface area contributed by atoms with Crippen LogP contribution in [0.15, 0.2) is 53.3 Å². The van der Waals surface area contributed by atoms with Crippen LogP contribution in [0, 0.1) is 0 Å². The first-order chi connectivity index (χ1) is 21.7. The quantitative estimate of drug-likeness (QED) is 0.151. The number of benzene rings is 4. The molecule has 0 aliphatic carbocycles. The molecular weight excluding hydrogens is 660 g/mol. The van der Waals surface area contributed by atoms with Gasteiger partial charge in [-0.1, -0.05) is 12.1 Å². The van der Waals surface area contributed by atoms with Crippen molar-refractivity contribution in [1.29, 1.82) is 0 Å². The molecule has 1 aliphatic rings. The zero-order chi connectivity index (χ0) is 33.7. The Labute approximate surface area is 250 Å². The predicted octanol–water partition coefficient (Wildman–Crippen LogP) is 9.05. The van der Waals surface area contributed by atoms with Gasteiger partial charge in [0.05, 0.1) is 39.8 Å². The lowest BCUT2D eigenvalue weighted by molar-refractivity contribution is -0.143. The molecule has 47 heavy (non-hydrogen) atoms. The number of pyridine rings is 1. The van der Waals surface area contributed by atoms with Crippen molar-refractivity contribution >= 4 is 49.3 Å². The fraction of sp³-hybridized carbons (Fsp3) is 0.167. The van der Waals surface area contributed by atoms with Gasteiger partial charge in [-0.25, -0.2) is 9.97 Å². The van der Waals surface area contributed by atoms with Gasteiger partial charge in [0.15, 0.2) is 0 Å². The molecule has 0 N–H and O–H groups in total. The molecule has 0 saturated heterocycles. The largest absolute Gasteiger partial charge is 0.418 e. The van der Waals surface area contributed by atoms with E-state index in [1.807, 2.05) is 0 Å². The maximum atomic E-state index is 14.0. The number of aromatic nitrogens is 4. The zero-order valence-electron chi connectivity index (χ0n) is 22.6. The maximum Gasteiger partial charge on any atom is 0.418 e. The van der Waals surface area contributed by atoms with E-state index in [-0.39, 0.29) is 51.6 Å². The number of fused-ring (bicyclic) bond motifs is 8. The molecule has 0 bridgehead atoms. The van der Waals surface area contributed by atoms with Crippen LogP contribution in [-0.4, -0.2) is 18.9 Å². The summed E-state index contributed by atoms with van der Waals surface area (Å²) in [5.74, 6) is -0.165. The van der Waals surface area contributed by atoms with Crippen molar-refractivity contribution in [3.63, 3.8) is 0 Å². The van der Waals surface area contributed by atoms with Gasteiger partial charge >= 0.3 is 24.7 Å². The molecule has 1 aliphatic heterocycles. The molecule has 7 aromatic rings. The fourth-order valence-electron chi connectivity index (χ4n) is 6.45. The van der Waals surface area contributed by atoms with E-state index >= 15 is 0 Å². The molecule has 0 spiro atoms. The molecule has 3 aromatic heterocycles. The molecule has 0 amide bonds. The average molecular weight is 670 g/mol. The van der Waals surface area contributed by atoms with Gasteiger partial charge in [0.1, 0.15) is 22.5 Å². The monoisotopic (exact) mass is 670 g/mol. The van der Waals surface area contributed by atoms with Crippen LogP contribution in [0.4, 0.5) is 52.7 Å². The summed E-state index contributed by atoms with van der Waals surface area (Å²) in [6, 6.07) is 6.00. The second-order valence-electron chi connectivity index (χ2n) is 11.1. The summed E-state index contributed by atoms with van der Waals surface area (Å²) < 4.78 is 167. The van der Waals surface area contributed by atoms with Gasteiger partial charge in [0.25, 0.3) is 5.56 Å². The molecule has 5 nitrogen and oxygen atoms in total. The average Bonchev–Trinajstić information content (AvgIpc) is 3.53. The Morgan fingerprint density at radius 1 is 0.596 bits per heavy atom. The van der Waals surface area contributed by atoms with Crippen LogP contribution < -0.4 is 5.56 Å². The molecule has 0 radical (unpaired) electrons. The topological polar surface area (TPSA) is 52.2 Å². The number of hydrogen-bond acceptors (Lipinski definition) is 3. The second-order valence-corrected chi connectivity index (χ2v) is 11.1. The first-order valence-electron chi connectivity index (χ1n) is 13.3. The van der Waals surface area contributed by atoms with Crippen LogP contribution >= 0.6 is 0 Å². The van der Waals surface area contributed by atoms with Crippen molar-refractivity contribution < 1.29 is 52.7 Å². The zero-order valence-corrected chi connectivity index (χ0v) is 22.6. The van der Waals surface area contributed by atoms with Crippen LogP contribution in [0.2, 0.25) is 0 Å². The normalized spacial score (nSPS) is 14.4. The van der Waals surface area contributed by atoms with Gasteiger partial charge in [-0.3, -0.25) is 9.20 Å². The van der Waals surface area contributed by atoms with Crippen molar-refractivity contribution in [1.82, 2.24) is 18.9 Å². The van der Waals surface area contributed by atoms with Crippen LogP contribution in [-0.2, 0) is 31.2 Å². The molecule has 8 rings (SSSR count). The number of halogens is 12. The fourth-order valence-corrected chi connectivity index (χ4v) is 6.45. The first kappa shape index (κ1) is 29.3. The van der Waals surface area contributed by atoms with Crippen molar-refractivity contribution in [3.8, 4) is 11.4 Å². The second kappa shape index (κ2) is 8.63. The Hall–Kier alpha value is -5.09. The molecule has 17 heteroatoms. The Bertz CT molecular complexity index is 2570. The molecule has 0 unspecified atom stereocenters. The van der Waals surface area contributed by atoms with Crippen LogP contribution in [0.25, 0.3) is 60.6 Å². The minimum atomic E-state index is -5.28.